The molecular weight excluding hydrogens is 215 g/mol. The number of rotatable bonds is 4. The minimum absolute atomic E-state index is 0.119. The molecule has 0 aliphatic heterocycles. The van der Waals surface area contributed by atoms with Crippen LogP contribution in [0.3, 0.4) is 0 Å². The zero-order valence-corrected chi connectivity index (χ0v) is 9.81. The number of aliphatic hydroxyl groups is 1. The van der Waals surface area contributed by atoms with Crippen molar-refractivity contribution in [1.82, 2.24) is 0 Å². The van der Waals surface area contributed by atoms with Gasteiger partial charge in [-0.25, -0.2) is 4.39 Å². The first-order valence-corrected chi connectivity index (χ1v) is 5.49. The summed E-state index contributed by atoms with van der Waals surface area (Å²) in [6, 6.07) is 4.68. The molecule has 1 N–H and O–H groups in total. The maximum atomic E-state index is 13.1. The number of hydrogen-bond donors (Lipinski definition) is 1. The first-order valence-electron chi connectivity index (χ1n) is 5.11. The number of hydrogen-bond acceptors (Lipinski definition) is 1. The van der Waals surface area contributed by atoms with Gasteiger partial charge in [-0.15, -0.1) is 0 Å². The maximum absolute atomic E-state index is 13.1. The summed E-state index contributed by atoms with van der Waals surface area (Å²) >= 11 is 5.81. The second-order valence-electron chi connectivity index (χ2n) is 4.14. The van der Waals surface area contributed by atoms with E-state index in [2.05, 4.69) is 0 Å². The van der Waals surface area contributed by atoms with Crippen LogP contribution in [0, 0.1) is 5.82 Å². The van der Waals surface area contributed by atoms with E-state index in [0.717, 1.165) is 6.42 Å². The van der Waals surface area contributed by atoms with Crippen molar-refractivity contribution in [3.05, 3.63) is 34.6 Å². The van der Waals surface area contributed by atoms with Crippen LogP contribution in [0.15, 0.2) is 18.2 Å². The first-order chi connectivity index (χ1) is 6.96. The van der Waals surface area contributed by atoms with Crippen LogP contribution in [0.25, 0.3) is 0 Å². The zero-order valence-electron chi connectivity index (χ0n) is 9.06. The van der Waals surface area contributed by atoms with Gasteiger partial charge in [0.2, 0.25) is 0 Å². The van der Waals surface area contributed by atoms with Gasteiger partial charge in [-0.3, -0.25) is 0 Å². The van der Waals surface area contributed by atoms with E-state index in [-0.39, 0.29) is 5.02 Å². The largest absolute Gasteiger partial charge is 0.390 e. The van der Waals surface area contributed by atoms with E-state index in [9.17, 15) is 9.50 Å². The first kappa shape index (κ1) is 12.5. The normalized spacial score (nSPS) is 15.0. The van der Waals surface area contributed by atoms with Gasteiger partial charge < -0.3 is 5.11 Å². The smallest absolute Gasteiger partial charge is 0.142 e. The standard InChI is InChI=1S/C12H16ClFO/c1-3-7-12(2,15)8-9-5-4-6-10(14)11(9)13/h4-6,15H,3,7-8H2,1-2H3. The van der Waals surface area contributed by atoms with Crippen LogP contribution in [0.4, 0.5) is 4.39 Å². The highest BCUT2D eigenvalue weighted by Crippen LogP contribution is 2.25. The monoisotopic (exact) mass is 230 g/mol. The molecule has 0 radical (unpaired) electrons. The van der Waals surface area contributed by atoms with Crippen molar-refractivity contribution in [2.75, 3.05) is 0 Å². The molecule has 0 amide bonds. The molecule has 1 atom stereocenters. The minimum atomic E-state index is -0.813. The highest BCUT2D eigenvalue weighted by atomic mass is 35.5. The van der Waals surface area contributed by atoms with Crippen LogP contribution in [0.5, 0.6) is 0 Å². The van der Waals surface area contributed by atoms with Crippen molar-refractivity contribution >= 4 is 11.6 Å². The lowest BCUT2D eigenvalue weighted by atomic mass is 9.92. The third-order valence-electron chi connectivity index (χ3n) is 2.39. The van der Waals surface area contributed by atoms with Crippen molar-refractivity contribution in [1.29, 1.82) is 0 Å². The third-order valence-corrected chi connectivity index (χ3v) is 2.81. The predicted octanol–water partition coefficient (Wildman–Crippen LogP) is 3.57. The molecule has 84 valence electrons. The van der Waals surface area contributed by atoms with Crippen LogP contribution < -0.4 is 0 Å². The number of halogens is 2. The van der Waals surface area contributed by atoms with Crippen molar-refractivity contribution in [3.8, 4) is 0 Å². The fourth-order valence-electron chi connectivity index (χ4n) is 1.72. The van der Waals surface area contributed by atoms with Gasteiger partial charge in [0.1, 0.15) is 5.82 Å². The fraction of sp³-hybridized carbons (Fsp3) is 0.500. The Kier molecular flexibility index (Phi) is 4.12. The summed E-state index contributed by atoms with van der Waals surface area (Å²) in [5.74, 6) is -0.429. The lowest BCUT2D eigenvalue weighted by Gasteiger charge is -2.23. The zero-order chi connectivity index (χ0) is 11.5. The molecule has 0 aromatic heterocycles. The summed E-state index contributed by atoms with van der Waals surface area (Å²) in [7, 11) is 0. The Morgan fingerprint density at radius 2 is 2.13 bits per heavy atom. The van der Waals surface area contributed by atoms with Gasteiger partial charge in [-0.2, -0.15) is 0 Å². The van der Waals surface area contributed by atoms with Gasteiger partial charge >= 0.3 is 0 Å². The molecule has 1 rings (SSSR count). The molecule has 1 nitrogen and oxygen atoms in total. The van der Waals surface area contributed by atoms with Gasteiger partial charge in [0, 0.05) is 6.42 Å². The SMILES string of the molecule is CCCC(C)(O)Cc1cccc(F)c1Cl. The molecular formula is C12H16ClFO. The summed E-state index contributed by atoms with van der Waals surface area (Å²) in [6.07, 6.45) is 1.96. The van der Waals surface area contributed by atoms with Gasteiger partial charge in [-0.05, 0) is 25.0 Å². The number of benzene rings is 1. The van der Waals surface area contributed by atoms with Gasteiger partial charge in [0.25, 0.3) is 0 Å². The average molecular weight is 231 g/mol. The maximum Gasteiger partial charge on any atom is 0.142 e. The van der Waals surface area contributed by atoms with Crippen LogP contribution in [0.2, 0.25) is 5.02 Å². The molecule has 0 saturated heterocycles. The molecule has 1 aromatic carbocycles. The molecule has 0 spiro atoms. The fourth-order valence-corrected chi connectivity index (χ4v) is 1.92. The molecule has 0 saturated carbocycles. The van der Waals surface area contributed by atoms with Crippen LogP contribution in [-0.4, -0.2) is 10.7 Å². The van der Waals surface area contributed by atoms with Crippen LogP contribution in [-0.2, 0) is 6.42 Å². The van der Waals surface area contributed by atoms with E-state index in [1.807, 2.05) is 6.92 Å². The Morgan fingerprint density at radius 3 is 2.73 bits per heavy atom. The molecule has 0 bridgehead atoms. The summed E-state index contributed by atoms with van der Waals surface area (Å²) in [4.78, 5) is 0. The predicted molar refractivity (Wildman–Crippen MR) is 60.6 cm³/mol. The molecule has 0 heterocycles. The lowest BCUT2D eigenvalue weighted by molar-refractivity contribution is 0.0505. The van der Waals surface area contributed by atoms with E-state index in [0.29, 0.717) is 18.4 Å². The summed E-state index contributed by atoms with van der Waals surface area (Å²) in [5.41, 5.74) is -0.151. The van der Waals surface area contributed by atoms with E-state index >= 15 is 0 Å². The summed E-state index contributed by atoms with van der Waals surface area (Å²) in [5, 5.41) is 10.1. The molecule has 0 fully saturated rings. The van der Waals surface area contributed by atoms with Crippen LogP contribution in [0.1, 0.15) is 32.3 Å². The molecule has 1 aromatic rings. The highest BCUT2D eigenvalue weighted by Gasteiger charge is 2.21. The topological polar surface area (TPSA) is 20.2 Å². The average Bonchev–Trinajstić information content (AvgIpc) is 2.12. The highest BCUT2D eigenvalue weighted by molar-refractivity contribution is 6.31. The second kappa shape index (κ2) is 4.95. The van der Waals surface area contributed by atoms with Crippen molar-refractivity contribution < 1.29 is 9.50 Å². The third kappa shape index (κ3) is 3.47. The van der Waals surface area contributed by atoms with E-state index < -0.39 is 11.4 Å². The summed E-state index contributed by atoms with van der Waals surface area (Å²) in [6.45, 7) is 3.75. The molecule has 0 aliphatic rings. The Balaban J connectivity index is 2.85. The molecule has 15 heavy (non-hydrogen) atoms. The molecule has 1 unspecified atom stereocenters. The lowest BCUT2D eigenvalue weighted by Crippen LogP contribution is -2.26. The second-order valence-corrected chi connectivity index (χ2v) is 4.51. The van der Waals surface area contributed by atoms with E-state index in [1.54, 1.807) is 19.1 Å². The Labute approximate surface area is 94.9 Å². The Bertz CT molecular complexity index is 336. The molecule has 0 aliphatic carbocycles. The Morgan fingerprint density at radius 1 is 1.47 bits per heavy atom. The summed E-state index contributed by atoms with van der Waals surface area (Å²) < 4.78 is 13.1. The van der Waals surface area contributed by atoms with Crippen molar-refractivity contribution in [3.63, 3.8) is 0 Å². The molecule has 3 heteroatoms. The van der Waals surface area contributed by atoms with E-state index in [4.69, 9.17) is 11.6 Å². The van der Waals surface area contributed by atoms with E-state index in [1.165, 1.54) is 6.07 Å². The van der Waals surface area contributed by atoms with Crippen molar-refractivity contribution in [2.24, 2.45) is 0 Å². The van der Waals surface area contributed by atoms with Crippen LogP contribution >= 0.6 is 11.6 Å². The Hall–Kier alpha value is -0.600. The quantitative estimate of drug-likeness (QED) is 0.839. The van der Waals surface area contributed by atoms with Gasteiger partial charge in [0.15, 0.2) is 0 Å². The minimum Gasteiger partial charge on any atom is -0.390 e. The van der Waals surface area contributed by atoms with Gasteiger partial charge in [-0.1, -0.05) is 37.1 Å². The van der Waals surface area contributed by atoms with Crippen molar-refractivity contribution in [2.45, 2.75) is 38.7 Å². The van der Waals surface area contributed by atoms with Gasteiger partial charge in [0.05, 0.1) is 10.6 Å².